The number of rotatable bonds is 5. The van der Waals surface area contributed by atoms with Gasteiger partial charge in [-0.2, -0.15) is 0 Å². The predicted molar refractivity (Wildman–Crippen MR) is 68.4 cm³/mol. The molecule has 0 radical (unpaired) electrons. The van der Waals surface area contributed by atoms with Gasteiger partial charge in [0.2, 0.25) is 5.91 Å². The maximum absolute atomic E-state index is 11.6. The number of hydrogen-bond donors (Lipinski definition) is 3. The molecule has 0 spiro atoms. The highest BCUT2D eigenvalue weighted by molar-refractivity contribution is 5.76. The summed E-state index contributed by atoms with van der Waals surface area (Å²) in [5.74, 6) is 0.748. The van der Waals surface area contributed by atoms with Gasteiger partial charge in [0, 0.05) is 13.0 Å². The van der Waals surface area contributed by atoms with Crippen molar-refractivity contribution in [3.63, 3.8) is 0 Å². The van der Waals surface area contributed by atoms with E-state index in [1.54, 1.807) is 0 Å². The summed E-state index contributed by atoms with van der Waals surface area (Å²) in [4.78, 5) is 11.6. The highest BCUT2D eigenvalue weighted by Crippen LogP contribution is 2.31. The molecule has 0 aromatic rings. The third-order valence-corrected chi connectivity index (χ3v) is 3.62. The van der Waals surface area contributed by atoms with Crippen LogP contribution in [0.25, 0.3) is 0 Å². The van der Waals surface area contributed by atoms with Gasteiger partial charge >= 0.3 is 0 Å². The Morgan fingerprint density at radius 2 is 2.35 bits per heavy atom. The molecule has 0 bridgehead atoms. The fourth-order valence-corrected chi connectivity index (χ4v) is 2.53. The van der Waals surface area contributed by atoms with Gasteiger partial charge in [-0.25, -0.2) is 0 Å². The molecule has 17 heavy (non-hydrogen) atoms. The van der Waals surface area contributed by atoms with Crippen LogP contribution in [0.3, 0.4) is 0 Å². The molecule has 3 atom stereocenters. The average molecular weight is 242 g/mol. The second-order valence-corrected chi connectivity index (χ2v) is 5.75. The second kappa shape index (κ2) is 6.36. The molecule has 4 heteroatoms. The Hall–Kier alpha value is -0.610. The predicted octanol–water partition coefficient (Wildman–Crippen LogP) is 1.03. The van der Waals surface area contributed by atoms with Gasteiger partial charge in [-0.15, -0.1) is 0 Å². The number of nitrogens with two attached hydrogens (primary N) is 1. The van der Waals surface area contributed by atoms with Crippen molar-refractivity contribution in [2.24, 2.45) is 17.6 Å². The molecular weight excluding hydrogens is 216 g/mol. The van der Waals surface area contributed by atoms with Gasteiger partial charge in [0.25, 0.3) is 0 Å². The number of amides is 1. The van der Waals surface area contributed by atoms with E-state index in [4.69, 9.17) is 5.73 Å². The van der Waals surface area contributed by atoms with Gasteiger partial charge in [-0.05, 0) is 31.2 Å². The summed E-state index contributed by atoms with van der Waals surface area (Å²) in [6.07, 6.45) is 4.26. The summed E-state index contributed by atoms with van der Waals surface area (Å²) in [5.41, 5.74) is 4.78. The maximum Gasteiger partial charge on any atom is 0.220 e. The van der Waals surface area contributed by atoms with Crippen LogP contribution in [0.15, 0.2) is 0 Å². The van der Waals surface area contributed by atoms with Gasteiger partial charge in [-0.1, -0.05) is 26.7 Å². The molecule has 4 N–H and O–H groups in total. The lowest BCUT2D eigenvalue weighted by atomic mass is 9.79. The fourth-order valence-electron chi connectivity index (χ4n) is 2.53. The van der Waals surface area contributed by atoms with Crippen molar-refractivity contribution in [2.75, 3.05) is 13.1 Å². The van der Waals surface area contributed by atoms with Crippen LogP contribution < -0.4 is 11.1 Å². The van der Waals surface area contributed by atoms with Crippen LogP contribution >= 0.6 is 0 Å². The molecule has 1 fully saturated rings. The third-order valence-electron chi connectivity index (χ3n) is 3.62. The molecule has 4 nitrogen and oxygen atoms in total. The summed E-state index contributed by atoms with van der Waals surface area (Å²) in [6, 6.07) is 0. The fraction of sp³-hybridized carbons (Fsp3) is 0.923. The minimum Gasteiger partial charge on any atom is -0.388 e. The quantitative estimate of drug-likeness (QED) is 0.674. The van der Waals surface area contributed by atoms with Crippen LogP contribution in [0.1, 0.15) is 46.0 Å². The van der Waals surface area contributed by atoms with Crippen LogP contribution in [0.5, 0.6) is 0 Å². The topological polar surface area (TPSA) is 75.4 Å². The number of aliphatic hydroxyl groups is 1. The van der Waals surface area contributed by atoms with E-state index < -0.39 is 5.60 Å². The summed E-state index contributed by atoms with van der Waals surface area (Å²) in [5, 5.41) is 13.2. The van der Waals surface area contributed by atoms with Gasteiger partial charge in [0.15, 0.2) is 0 Å². The summed E-state index contributed by atoms with van der Waals surface area (Å²) >= 11 is 0. The Bertz CT molecular complexity index is 258. The first-order valence-corrected chi connectivity index (χ1v) is 6.64. The molecule has 3 unspecified atom stereocenters. The number of nitrogens with one attached hydrogen (secondary N) is 1. The van der Waals surface area contributed by atoms with E-state index in [0.717, 1.165) is 19.3 Å². The van der Waals surface area contributed by atoms with Crippen LogP contribution in [-0.2, 0) is 4.79 Å². The molecule has 1 saturated carbocycles. The minimum atomic E-state index is -0.695. The Balaban J connectivity index is 2.31. The lowest BCUT2D eigenvalue weighted by Crippen LogP contribution is -2.46. The van der Waals surface area contributed by atoms with Gasteiger partial charge in [0.1, 0.15) is 0 Å². The maximum atomic E-state index is 11.6. The molecule has 0 aromatic carbocycles. The molecule has 1 aliphatic carbocycles. The smallest absolute Gasteiger partial charge is 0.220 e. The average Bonchev–Trinajstić information content (AvgIpc) is 2.26. The number of carbonyl (C=O) groups is 1. The first-order valence-electron chi connectivity index (χ1n) is 6.64. The molecule has 0 saturated heterocycles. The largest absolute Gasteiger partial charge is 0.388 e. The zero-order valence-corrected chi connectivity index (χ0v) is 11.0. The minimum absolute atomic E-state index is 0.00500. The summed E-state index contributed by atoms with van der Waals surface area (Å²) in [6.45, 7) is 5.02. The number of hydrogen-bond acceptors (Lipinski definition) is 3. The highest BCUT2D eigenvalue weighted by atomic mass is 16.3. The first-order chi connectivity index (χ1) is 7.95. The molecule has 1 aliphatic rings. The molecule has 0 aromatic heterocycles. The third kappa shape index (κ3) is 5.04. The molecule has 0 aliphatic heterocycles. The van der Waals surface area contributed by atoms with E-state index in [2.05, 4.69) is 12.2 Å². The zero-order valence-electron chi connectivity index (χ0n) is 11.0. The van der Waals surface area contributed by atoms with Crippen LogP contribution in [0.4, 0.5) is 0 Å². The van der Waals surface area contributed by atoms with Crippen molar-refractivity contribution < 1.29 is 9.90 Å². The molecule has 1 amide bonds. The molecule has 0 heterocycles. The van der Waals surface area contributed by atoms with E-state index >= 15 is 0 Å². The van der Waals surface area contributed by atoms with Crippen molar-refractivity contribution in [2.45, 2.75) is 51.6 Å². The lowest BCUT2D eigenvalue weighted by molar-refractivity contribution is -0.123. The van der Waals surface area contributed by atoms with Crippen molar-refractivity contribution in [3.8, 4) is 0 Å². The van der Waals surface area contributed by atoms with Crippen molar-refractivity contribution in [3.05, 3.63) is 0 Å². The summed E-state index contributed by atoms with van der Waals surface area (Å²) in [7, 11) is 0. The van der Waals surface area contributed by atoms with E-state index in [-0.39, 0.29) is 11.8 Å². The lowest BCUT2D eigenvalue weighted by Gasteiger charge is -2.35. The van der Waals surface area contributed by atoms with Crippen LogP contribution in [-0.4, -0.2) is 29.7 Å². The van der Waals surface area contributed by atoms with E-state index in [9.17, 15) is 9.90 Å². The van der Waals surface area contributed by atoms with Gasteiger partial charge in [0.05, 0.1) is 5.60 Å². The highest BCUT2D eigenvalue weighted by Gasteiger charge is 2.32. The van der Waals surface area contributed by atoms with E-state index in [0.29, 0.717) is 25.4 Å². The SMILES string of the molecule is CC(CN)CC(=O)NCC1(O)CCCC(C)C1. The van der Waals surface area contributed by atoms with Crippen molar-refractivity contribution in [1.29, 1.82) is 0 Å². The first kappa shape index (κ1) is 14.5. The number of carbonyl (C=O) groups excluding carboxylic acids is 1. The second-order valence-electron chi connectivity index (χ2n) is 5.75. The normalized spacial score (nSPS) is 30.9. The monoisotopic (exact) mass is 242 g/mol. The van der Waals surface area contributed by atoms with Crippen LogP contribution in [0.2, 0.25) is 0 Å². The van der Waals surface area contributed by atoms with E-state index in [1.807, 2.05) is 6.92 Å². The Morgan fingerprint density at radius 3 is 2.94 bits per heavy atom. The molecule has 1 rings (SSSR count). The van der Waals surface area contributed by atoms with Crippen molar-refractivity contribution >= 4 is 5.91 Å². The Labute approximate surface area is 104 Å². The zero-order chi connectivity index (χ0) is 12.9. The van der Waals surface area contributed by atoms with Gasteiger partial charge < -0.3 is 16.2 Å². The molecular formula is C13H26N2O2. The molecule has 100 valence electrons. The summed E-state index contributed by atoms with van der Waals surface area (Å²) < 4.78 is 0. The Kier molecular flexibility index (Phi) is 5.40. The van der Waals surface area contributed by atoms with Crippen LogP contribution in [0, 0.1) is 11.8 Å². The standard InChI is InChI=1S/C13H26N2O2/c1-10-4-3-5-13(17,7-10)9-15-12(16)6-11(2)8-14/h10-11,17H,3-9,14H2,1-2H3,(H,15,16). The van der Waals surface area contributed by atoms with E-state index in [1.165, 1.54) is 6.42 Å². The van der Waals surface area contributed by atoms with Gasteiger partial charge in [-0.3, -0.25) is 4.79 Å². The van der Waals surface area contributed by atoms with Crippen molar-refractivity contribution in [1.82, 2.24) is 5.32 Å². The Morgan fingerprint density at radius 1 is 1.65 bits per heavy atom.